The van der Waals surface area contributed by atoms with Crippen molar-refractivity contribution in [3.63, 3.8) is 0 Å². The number of alkyl halides is 1. The number of nitro groups is 1. The number of nitro benzene ring substituents is 1. The Kier molecular flexibility index (Phi) is 13.1. The summed E-state index contributed by atoms with van der Waals surface area (Å²) in [6, 6.07) is 18.8. The Bertz CT molecular complexity index is 2590. The second kappa shape index (κ2) is 18.8. The number of allylic oxidation sites excluding steroid dienone is 1. The summed E-state index contributed by atoms with van der Waals surface area (Å²) in [6.07, 6.45) is 6.20. The molecular weight excluding hydrogens is 887 g/mol. The van der Waals surface area contributed by atoms with Crippen LogP contribution in [0.2, 0.25) is 5.02 Å². The number of nitrogens with zero attached hydrogens (tertiary/aromatic N) is 4. The molecule has 3 aromatic carbocycles. The van der Waals surface area contributed by atoms with Gasteiger partial charge in [-0.3, -0.25) is 19.8 Å². The number of rotatable bonds is 12. The summed E-state index contributed by atoms with van der Waals surface area (Å²) >= 11 is 6.27. The van der Waals surface area contributed by atoms with Crippen LogP contribution < -0.4 is 25.2 Å². The number of H-pyrrole nitrogens is 1. The van der Waals surface area contributed by atoms with Crippen molar-refractivity contribution in [2.75, 3.05) is 86.1 Å². The van der Waals surface area contributed by atoms with Crippen LogP contribution in [0.3, 0.4) is 0 Å². The van der Waals surface area contributed by atoms with Gasteiger partial charge in [-0.1, -0.05) is 43.2 Å². The van der Waals surface area contributed by atoms with Crippen molar-refractivity contribution in [2.24, 2.45) is 5.41 Å². The van der Waals surface area contributed by atoms with Gasteiger partial charge in [-0.25, -0.2) is 17.5 Å². The van der Waals surface area contributed by atoms with Gasteiger partial charge in [0.05, 0.1) is 33.7 Å². The molecule has 5 aliphatic rings. The van der Waals surface area contributed by atoms with Crippen molar-refractivity contribution < 1.29 is 32.0 Å². The molecule has 9 rings (SSSR count). The minimum Gasteiger partial charge on any atom is -0.381 e. The number of fused-ring (bicyclic) bond motifs is 2. The number of ether oxygens (including phenoxy) is 2. The number of anilines is 4. The van der Waals surface area contributed by atoms with E-state index < -0.39 is 43.3 Å². The first-order chi connectivity index (χ1) is 31.6. The molecule has 1 aliphatic carbocycles. The van der Waals surface area contributed by atoms with E-state index in [1.165, 1.54) is 28.8 Å². The summed E-state index contributed by atoms with van der Waals surface area (Å²) in [5.41, 5.74) is 4.80. The van der Waals surface area contributed by atoms with Crippen LogP contribution in [0.15, 0.2) is 83.4 Å². The predicted octanol–water partition coefficient (Wildman–Crippen LogP) is 8.00. The van der Waals surface area contributed by atoms with Gasteiger partial charge in [0.2, 0.25) is 0 Å². The van der Waals surface area contributed by atoms with E-state index in [1.807, 2.05) is 36.5 Å². The molecule has 18 heteroatoms. The largest absolute Gasteiger partial charge is 0.381 e. The van der Waals surface area contributed by atoms with Crippen LogP contribution in [0.5, 0.6) is 0 Å². The molecule has 3 fully saturated rings. The summed E-state index contributed by atoms with van der Waals surface area (Å²) in [5.74, 6) is 0.00299. The first kappa shape index (κ1) is 45.9. The number of aromatic amines is 1. The highest BCUT2D eigenvalue weighted by Gasteiger charge is 2.39. The number of piperazine rings is 1. The lowest BCUT2D eigenvalue weighted by Gasteiger charge is -2.41. The highest BCUT2D eigenvalue weighted by Crippen LogP contribution is 2.44. The molecule has 0 saturated carbocycles. The van der Waals surface area contributed by atoms with E-state index >= 15 is 4.39 Å². The van der Waals surface area contributed by atoms with E-state index in [0.29, 0.717) is 31.7 Å². The molecule has 4 N–H and O–H groups in total. The third kappa shape index (κ3) is 10.1. The number of nitrogens with one attached hydrogen (secondary N) is 4. The predicted molar refractivity (Wildman–Crippen MR) is 255 cm³/mol. The number of aromatic nitrogens is 1. The zero-order valence-corrected chi connectivity index (χ0v) is 39.0. The minimum absolute atomic E-state index is 0.0325. The number of carbonyl (C=O) groups excluding carboxylic acids is 1. The SMILES string of the molecule is CC1(C)CCC(CN2CCN(c3ccc(C(=O)NS(=O)(=O)c4ccc(NCC5(F)CCOCC5)c([N+](=O)[O-])c4)c(N4CCCOC5Nc6[nH]ccc6CC54)c3)CC2)=C(c2ccc(Cl)cc2)C1. The van der Waals surface area contributed by atoms with E-state index in [9.17, 15) is 23.3 Å². The topological polar surface area (TPSA) is 174 Å². The van der Waals surface area contributed by atoms with Crippen LogP contribution in [0.1, 0.15) is 73.9 Å². The Labute approximate surface area is 390 Å². The lowest BCUT2D eigenvalue weighted by molar-refractivity contribution is -0.384. The summed E-state index contributed by atoms with van der Waals surface area (Å²) < 4.78 is 57.0. The molecule has 15 nitrogen and oxygen atoms in total. The Morgan fingerprint density at radius 1 is 0.985 bits per heavy atom. The molecular formula is C48H58ClFN8O7S. The summed E-state index contributed by atoms with van der Waals surface area (Å²) in [4.78, 5) is 35.6. The van der Waals surface area contributed by atoms with Gasteiger partial charge in [-0.05, 0) is 96.3 Å². The van der Waals surface area contributed by atoms with Crippen molar-refractivity contribution in [3.8, 4) is 0 Å². The quantitative estimate of drug-likeness (QED) is 0.0798. The van der Waals surface area contributed by atoms with Gasteiger partial charge in [0, 0.05) is 101 Å². The maximum absolute atomic E-state index is 15.3. The van der Waals surface area contributed by atoms with Gasteiger partial charge in [0.1, 0.15) is 23.4 Å². The maximum Gasteiger partial charge on any atom is 0.293 e. The van der Waals surface area contributed by atoms with Crippen LogP contribution in [-0.2, 0) is 25.9 Å². The van der Waals surface area contributed by atoms with E-state index in [2.05, 4.69) is 61.0 Å². The Morgan fingerprint density at radius 3 is 2.52 bits per heavy atom. The monoisotopic (exact) mass is 944 g/mol. The van der Waals surface area contributed by atoms with Crippen LogP contribution in [0, 0.1) is 15.5 Å². The Hall–Kier alpha value is -5.20. The molecule has 4 aliphatic heterocycles. The number of carbonyl (C=O) groups is 1. The molecule has 352 valence electrons. The molecule has 4 aromatic rings. The van der Waals surface area contributed by atoms with E-state index in [0.717, 1.165) is 80.1 Å². The molecule has 2 atom stereocenters. The van der Waals surface area contributed by atoms with Crippen molar-refractivity contribution >= 4 is 61.7 Å². The lowest BCUT2D eigenvalue weighted by atomic mass is 9.72. The second-order valence-electron chi connectivity index (χ2n) is 19.0. The van der Waals surface area contributed by atoms with Crippen molar-refractivity contribution in [2.45, 2.75) is 81.6 Å². The minimum atomic E-state index is -4.63. The van der Waals surface area contributed by atoms with Crippen LogP contribution in [-0.4, -0.2) is 113 Å². The highest BCUT2D eigenvalue weighted by molar-refractivity contribution is 7.90. The number of amides is 1. The van der Waals surface area contributed by atoms with Gasteiger partial charge in [0.15, 0.2) is 0 Å². The van der Waals surface area contributed by atoms with Gasteiger partial charge in [0.25, 0.3) is 21.6 Å². The van der Waals surface area contributed by atoms with Crippen LogP contribution in [0.4, 0.5) is 33.0 Å². The standard InChI is InChI=1S/C48H58ClFN8O7S/c1-47(2)14-12-34(39(29-47)32-4-6-35(49)7-5-32)30-55-19-21-56(22-20-55)36-8-10-38(41(27-36)57-18-3-23-65-46-43(57)26-33-13-17-51-44(33)53-46)45(59)54-66(62,63)37-9-11-40(42(28-37)58(60)61)52-31-48(50)15-24-64-25-16-48/h4-11,13,17,27-28,43,46,51-53H,3,12,14-16,18-26,29-31H2,1-2H3,(H,54,59). The molecule has 2 unspecified atom stereocenters. The molecule has 66 heavy (non-hydrogen) atoms. The lowest BCUT2D eigenvalue weighted by Crippen LogP contribution is -2.51. The molecule has 3 saturated heterocycles. The van der Waals surface area contributed by atoms with Crippen LogP contribution >= 0.6 is 11.6 Å². The Morgan fingerprint density at radius 2 is 1.76 bits per heavy atom. The zero-order chi connectivity index (χ0) is 46.2. The maximum atomic E-state index is 15.3. The van der Waals surface area contributed by atoms with E-state index in [1.54, 1.807) is 6.07 Å². The zero-order valence-electron chi connectivity index (χ0n) is 37.4. The average molecular weight is 946 g/mol. The fraction of sp³-hybridized carbons (Fsp3) is 0.479. The molecule has 0 radical (unpaired) electrons. The average Bonchev–Trinajstić information content (AvgIpc) is 3.66. The molecule has 1 amide bonds. The third-order valence-corrected chi connectivity index (χ3v) is 15.5. The van der Waals surface area contributed by atoms with Gasteiger partial charge >= 0.3 is 0 Å². The summed E-state index contributed by atoms with van der Waals surface area (Å²) in [6.45, 7) is 10.0. The van der Waals surface area contributed by atoms with Crippen molar-refractivity contribution in [3.05, 3.63) is 110 Å². The number of benzene rings is 3. The summed E-state index contributed by atoms with van der Waals surface area (Å²) in [7, 11) is -4.63. The van der Waals surface area contributed by atoms with E-state index in [4.69, 9.17) is 21.1 Å². The number of halogens is 2. The number of sulfonamides is 1. The fourth-order valence-electron chi connectivity index (χ4n) is 10.0. The first-order valence-corrected chi connectivity index (χ1v) is 24.8. The van der Waals surface area contributed by atoms with Gasteiger partial charge < -0.3 is 34.9 Å². The molecule has 1 aromatic heterocycles. The highest BCUT2D eigenvalue weighted by atomic mass is 35.5. The van der Waals surface area contributed by atoms with E-state index in [-0.39, 0.29) is 55.3 Å². The smallest absolute Gasteiger partial charge is 0.293 e. The number of hydrogen-bond donors (Lipinski definition) is 4. The normalized spacial score (nSPS) is 22.1. The first-order valence-electron chi connectivity index (χ1n) is 22.9. The third-order valence-electron chi connectivity index (χ3n) is 13.9. The molecule has 5 heterocycles. The van der Waals surface area contributed by atoms with Crippen LogP contribution in [0.25, 0.3) is 5.57 Å². The van der Waals surface area contributed by atoms with Crippen molar-refractivity contribution in [1.29, 1.82) is 0 Å². The summed E-state index contributed by atoms with van der Waals surface area (Å²) in [5, 5.41) is 19.2. The molecule has 0 spiro atoms. The molecule has 0 bridgehead atoms. The Balaban J connectivity index is 0.972. The van der Waals surface area contributed by atoms with Gasteiger partial charge in [-0.15, -0.1) is 0 Å². The second-order valence-corrected chi connectivity index (χ2v) is 21.1. The fourth-order valence-corrected chi connectivity index (χ4v) is 11.2. The van der Waals surface area contributed by atoms with Gasteiger partial charge in [-0.2, -0.15) is 0 Å². The number of hydrogen-bond acceptors (Lipinski definition) is 12. The van der Waals surface area contributed by atoms with Crippen molar-refractivity contribution in [1.82, 2.24) is 14.6 Å².